The molecule has 0 radical (unpaired) electrons. The maximum atomic E-state index is 12.6. The van der Waals surface area contributed by atoms with E-state index >= 15 is 0 Å². The van der Waals surface area contributed by atoms with Gasteiger partial charge in [-0.2, -0.15) is 0 Å². The summed E-state index contributed by atoms with van der Waals surface area (Å²) < 4.78 is 0. The average molecular weight is 338 g/mol. The molecule has 1 fully saturated rings. The summed E-state index contributed by atoms with van der Waals surface area (Å²) in [6.07, 6.45) is 6.72. The highest BCUT2D eigenvalue weighted by Crippen LogP contribution is 2.28. The van der Waals surface area contributed by atoms with Gasteiger partial charge in [0.25, 0.3) is 5.91 Å². The number of carbonyl (C=O) groups is 2. The summed E-state index contributed by atoms with van der Waals surface area (Å²) in [5.41, 5.74) is 3.43. The number of nitrogens with zero attached hydrogens (tertiary/aromatic N) is 3. The highest BCUT2D eigenvalue weighted by molar-refractivity contribution is 5.94. The van der Waals surface area contributed by atoms with Crippen molar-refractivity contribution < 1.29 is 9.59 Å². The summed E-state index contributed by atoms with van der Waals surface area (Å²) in [6, 6.07) is 6.04. The summed E-state index contributed by atoms with van der Waals surface area (Å²) in [6.45, 7) is 4.43. The zero-order valence-electron chi connectivity index (χ0n) is 14.5. The molecule has 1 aliphatic carbocycles. The topological polar surface area (TPSA) is 75.2 Å². The lowest BCUT2D eigenvalue weighted by molar-refractivity contribution is -0.116. The first kappa shape index (κ1) is 17.1. The molecule has 2 aromatic rings. The smallest absolute Gasteiger partial charge is 0.274 e. The molecule has 2 amide bonds. The van der Waals surface area contributed by atoms with Crippen molar-refractivity contribution in [2.24, 2.45) is 0 Å². The van der Waals surface area contributed by atoms with Crippen LogP contribution in [-0.2, 0) is 4.79 Å². The van der Waals surface area contributed by atoms with Crippen molar-refractivity contribution in [1.29, 1.82) is 0 Å². The lowest BCUT2D eigenvalue weighted by atomic mass is 10.1. The summed E-state index contributed by atoms with van der Waals surface area (Å²) in [5, 5.41) is 2.90. The molecule has 3 rings (SSSR count). The van der Waals surface area contributed by atoms with Crippen LogP contribution in [0.5, 0.6) is 0 Å². The van der Waals surface area contributed by atoms with Gasteiger partial charge in [0.05, 0.1) is 6.20 Å². The molecule has 6 nitrogen and oxygen atoms in total. The Bertz CT molecular complexity index is 772. The normalized spacial score (nSPS) is 13.4. The Morgan fingerprint density at radius 2 is 2.00 bits per heavy atom. The van der Waals surface area contributed by atoms with E-state index in [0.29, 0.717) is 12.2 Å². The number of aromatic nitrogens is 2. The molecular formula is C19H22N4O2. The molecule has 0 saturated heterocycles. The van der Waals surface area contributed by atoms with Gasteiger partial charge < -0.3 is 10.2 Å². The number of aryl methyl sites for hydroxylation is 2. The molecular weight excluding hydrogens is 316 g/mol. The van der Waals surface area contributed by atoms with Gasteiger partial charge in [-0.1, -0.05) is 6.07 Å². The van der Waals surface area contributed by atoms with Gasteiger partial charge in [-0.05, 0) is 49.9 Å². The van der Waals surface area contributed by atoms with Crippen LogP contribution in [0.2, 0.25) is 0 Å². The Morgan fingerprint density at radius 1 is 1.20 bits per heavy atom. The zero-order chi connectivity index (χ0) is 17.8. The Kier molecular flexibility index (Phi) is 5.07. The molecule has 1 aromatic carbocycles. The number of benzene rings is 1. The van der Waals surface area contributed by atoms with E-state index in [1.54, 1.807) is 4.90 Å². The first-order chi connectivity index (χ1) is 12.0. The van der Waals surface area contributed by atoms with Gasteiger partial charge in [0.2, 0.25) is 5.91 Å². The van der Waals surface area contributed by atoms with Gasteiger partial charge in [0, 0.05) is 37.1 Å². The number of anilines is 1. The van der Waals surface area contributed by atoms with E-state index in [4.69, 9.17) is 0 Å². The summed E-state index contributed by atoms with van der Waals surface area (Å²) in [4.78, 5) is 34.6. The minimum absolute atomic E-state index is 0.0964. The lowest BCUT2D eigenvalue weighted by Gasteiger charge is -2.21. The molecule has 0 aliphatic heterocycles. The fourth-order valence-electron chi connectivity index (χ4n) is 2.66. The van der Waals surface area contributed by atoms with Crippen molar-refractivity contribution in [3.63, 3.8) is 0 Å². The molecule has 0 atom stereocenters. The lowest BCUT2D eigenvalue weighted by Crippen LogP contribution is -2.36. The molecule has 1 aliphatic rings. The molecule has 0 unspecified atom stereocenters. The fraction of sp³-hybridized carbons (Fsp3) is 0.368. The van der Waals surface area contributed by atoms with Crippen LogP contribution >= 0.6 is 0 Å². The highest BCUT2D eigenvalue weighted by atomic mass is 16.2. The predicted molar refractivity (Wildman–Crippen MR) is 95.3 cm³/mol. The van der Waals surface area contributed by atoms with Crippen LogP contribution < -0.4 is 5.32 Å². The average Bonchev–Trinajstić information content (AvgIpc) is 3.44. The van der Waals surface area contributed by atoms with Crippen molar-refractivity contribution >= 4 is 17.5 Å². The van der Waals surface area contributed by atoms with Crippen molar-refractivity contribution in [3.05, 3.63) is 53.6 Å². The number of hydrogen-bond acceptors (Lipinski definition) is 4. The third-order valence-electron chi connectivity index (χ3n) is 4.40. The number of hydrogen-bond donors (Lipinski definition) is 1. The minimum Gasteiger partial charge on any atom is -0.334 e. The van der Waals surface area contributed by atoms with Crippen molar-refractivity contribution in [2.45, 2.75) is 39.2 Å². The molecule has 1 saturated carbocycles. The van der Waals surface area contributed by atoms with Gasteiger partial charge in [0.15, 0.2) is 0 Å². The molecule has 1 heterocycles. The fourth-order valence-corrected chi connectivity index (χ4v) is 2.66. The number of rotatable bonds is 6. The SMILES string of the molecule is Cc1ccc(NC(=O)CCN(C(=O)c2cnccn2)C2CC2)cc1C. The van der Waals surface area contributed by atoms with E-state index in [-0.39, 0.29) is 24.3 Å². The maximum absolute atomic E-state index is 12.6. The summed E-state index contributed by atoms with van der Waals surface area (Å²) >= 11 is 0. The summed E-state index contributed by atoms with van der Waals surface area (Å²) in [5.74, 6) is -0.254. The maximum Gasteiger partial charge on any atom is 0.274 e. The molecule has 130 valence electrons. The van der Waals surface area contributed by atoms with E-state index in [9.17, 15) is 9.59 Å². The third kappa shape index (κ3) is 4.41. The molecule has 6 heteroatoms. The standard InChI is InChI=1S/C19H22N4O2/c1-13-3-4-15(11-14(13)2)22-18(24)7-10-23(16-5-6-16)19(25)17-12-20-8-9-21-17/h3-4,8-9,11-12,16H,5-7,10H2,1-2H3,(H,22,24). The quantitative estimate of drug-likeness (QED) is 0.879. The van der Waals surface area contributed by atoms with Gasteiger partial charge in [-0.3, -0.25) is 14.6 Å². The summed E-state index contributed by atoms with van der Waals surface area (Å²) in [7, 11) is 0. The minimum atomic E-state index is -0.158. The van der Waals surface area contributed by atoms with Crippen molar-refractivity contribution in [2.75, 3.05) is 11.9 Å². The van der Waals surface area contributed by atoms with Gasteiger partial charge in [0.1, 0.15) is 5.69 Å². The first-order valence-electron chi connectivity index (χ1n) is 8.48. The highest BCUT2D eigenvalue weighted by Gasteiger charge is 2.33. The van der Waals surface area contributed by atoms with E-state index in [1.165, 1.54) is 24.2 Å². The van der Waals surface area contributed by atoms with Crippen LogP contribution in [0.15, 0.2) is 36.8 Å². The third-order valence-corrected chi connectivity index (χ3v) is 4.40. The van der Waals surface area contributed by atoms with Gasteiger partial charge in [-0.15, -0.1) is 0 Å². The second kappa shape index (κ2) is 7.42. The number of nitrogens with one attached hydrogen (secondary N) is 1. The molecule has 0 bridgehead atoms. The van der Waals surface area contributed by atoms with E-state index < -0.39 is 0 Å². The molecule has 1 aromatic heterocycles. The molecule has 0 spiro atoms. The van der Waals surface area contributed by atoms with E-state index in [1.807, 2.05) is 32.0 Å². The van der Waals surface area contributed by atoms with Crippen LogP contribution in [0.3, 0.4) is 0 Å². The Balaban J connectivity index is 1.59. The molecule has 1 N–H and O–H groups in total. The number of amides is 2. The van der Waals surface area contributed by atoms with Crippen molar-refractivity contribution in [3.8, 4) is 0 Å². The number of carbonyl (C=O) groups excluding carboxylic acids is 2. The second-order valence-corrected chi connectivity index (χ2v) is 6.42. The first-order valence-corrected chi connectivity index (χ1v) is 8.48. The van der Waals surface area contributed by atoms with Crippen LogP contribution in [-0.4, -0.2) is 39.3 Å². The van der Waals surface area contributed by atoms with Gasteiger partial charge >= 0.3 is 0 Å². The Hall–Kier alpha value is -2.76. The Morgan fingerprint density at radius 3 is 2.64 bits per heavy atom. The van der Waals surface area contributed by atoms with Crippen LogP contribution in [0, 0.1) is 13.8 Å². The van der Waals surface area contributed by atoms with E-state index in [2.05, 4.69) is 15.3 Å². The predicted octanol–water partition coefficient (Wildman–Crippen LogP) is 2.73. The van der Waals surface area contributed by atoms with Crippen LogP contribution in [0.1, 0.15) is 40.9 Å². The second-order valence-electron chi connectivity index (χ2n) is 6.42. The van der Waals surface area contributed by atoms with E-state index in [0.717, 1.165) is 24.1 Å². The molecule has 25 heavy (non-hydrogen) atoms. The van der Waals surface area contributed by atoms with Crippen LogP contribution in [0.4, 0.5) is 5.69 Å². The Labute approximate surface area is 147 Å². The van der Waals surface area contributed by atoms with Crippen LogP contribution in [0.25, 0.3) is 0 Å². The zero-order valence-corrected chi connectivity index (χ0v) is 14.5. The van der Waals surface area contributed by atoms with Crippen molar-refractivity contribution in [1.82, 2.24) is 14.9 Å². The largest absolute Gasteiger partial charge is 0.334 e. The monoisotopic (exact) mass is 338 g/mol. The van der Waals surface area contributed by atoms with Gasteiger partial charge in [-0.25, -0.2) is 4.98 Å².